The molecule has 0 saturated heterocycles. The van der Waals surface area contributed by atoms with Gasteiger partial charge in [-0.1, -0.05) is 18.2 Å². The van der Waals surface area contributed by atoms with E-state index in [0.717, 1.165) is 16.5 Å². The number of aliphatic hydroxyl groups excluding tert-OH is 1. The highest BCUT2D eigenvalue weighted by molar-refractivity contribution is 8.00. The molecule has 1 aliphatic rings. The number of aromatic amines is 1. The number of aliphatic hydroxyl groups is 1. The Balaban J connectivity index is 1.92. The summed E-state index contributed by atoms with van der Waals surface area (Å²) in [5, 5.41) is 9.68. The maximum atomic E-state index is 12.8. The number of unbranched alkanes of at least 4 members (excludes halogenated alkanes) is 1. The second-order valence-electron chi connectivity index (χ2n) is 6.44. The van der Waals surface area contributed by atoms with Gasteiger partial charge in [0.2, 0.25) is 0 Å². The van der Waals surface area contributed by atoms with E-state index in [9.17, 15) is 18.0 Å². The first-order valence-electron chi connectivity index (χ1n) is 8.77. The van der Waals surface area contributed by atoms with E-state index in [1.165, 1.54) is 18.9 Å². The van der Waals surface area contributed by atoms with E-state index in [4.69, 9.17) is 5.11 Å². The molecule has 1 heterocycles. The van der Waals surface area contributed by atoms with Gasteiger partial charge in [-0.15, -0.1) is 11.8 Å². The summed E-state index contributed by atoms with van der Waals surface area (Å²) in [6.07, 6.45) is 0.681. The molecule has 1 saturated carbocycles. The normalized spacial score (nSPS) is 15.2. The summed E-state index contributed by atoms with van der Waals surface area (Å²) < 4.78 is 38.5. The average molecular weight is 395 g/mol. The first-order valence-corrected chi connectivity index (χ1v) is 9.65. The molecule has 2 N–H and O–H groups in total. The molecule has 1 aromatic carbocycles. The van der Waals surface area contributed by atoms with Crippen LogP contribution in [0.2, 0.25) is 0 Å². The Morgan fingerprint density at radius 1 is 1.19 bits per heavy atom. The molecule has 3 rings (SSSR count). The number of nitrogens with one attached hydrogen (secondary N) is 1. The zero-order chi connectivity index (χ0) is 19.4. The number of pyridine rings is 1. The molecule has 0 bridgehead atoms. The van der Waals surface area contributed by atoms with Crippen molar-refractivity contribution in [3.8, 4) is 0 Å². The van der Waals surface area contributed by atoms with Gasteiger partial charge in [0, 0.05) is 28.0 Å². The molecule has 1 aromatic heterocycles. The highest BCUT2D eigenvalue weighted by Crippen LogP contribution is 2.39. The molecular formula is C20H20F3NO2S. The van der Waals surface area contributed by atoms with Gasteiger partial charge >= 0.3 is 6.18 Å². The quantitative estimate of drug-likeness (QED) is 0.659. The van der Waals surface area contributed by atoms with Gasteiger partial charge in [0.25, 0.3) is 5.56 Å². The van der Waals surface area contributed by atoms with Crippen LogP contribution in [0.4, 0.5) is 13.2 Å². The molecule has 0 radical (unpaired) electrons. The molecule has 3 nitrogen and oxygen atoms in total. The Hall–Kier alpha value is -1.99. The number of alkyl halides is 3. The van der Waals surface area contributed by atoms with Crippen LogP contribution in [0.3, 0.4) is 0 Å². The molecule has 1 fully saturated rings. The topological polar surface area (TPSA) is 53.1 Å². The SMILES string of the molecule is O=c1[nH]c(/C(=C/CCCO)c2ccc(SC3CC3)cc2)ccc1C(F)(F)F. The van der Waals surface area contributed by atoms with Gasteiger partial charge in [0.1, 0.15) is 5.56 Å². The van der Waals surface area contributed by atoms with Crippen LogP contribution < -0.4 is 5.56 Å². The van der Waals surface area contributed by atoms with Gasteiger partial charge in [-0.05, 0) is 55.5 Å². The van der Waals surface area contributed by atoms with Gasteiger partial charge in [0.15, 0.2) is 0 Å². The van der Waals surface area contributed by atoms with E-state index in [0.29, 0.717) is 29.4 Å². The first-order chi connectivity index (χ1) is 12.9. The van der Waals surface area contributed by atoms with Crippen LogP contribution in [0.5, 0.6) is 0 Å². The Labute approximate surface area is 159 Å². The molecule has 1 aliphatic carbocycles. The van der Waals surface area contributed by atoms with Crippen LogP contribution in [0.1, 0.15) is 42.5 Å². The van der Waals surface area contributed by atoms with E-state index in [1.54, 1.807) is 0 Å². The number of aromatic nitrogens is 1. The monoisotopic (exact) mass is 395 g/mol. The second kappa shape index (κ2) is 8.35. The average Bonchev–Trinajstić information content (AvgIpc) is 3.43. The fraction of sp³-hybridized carbons (Fsp3) is 0.350. The van der Waals surface area contributed by atoms with Crippen molar-refractivity contribution in [1.82, 2.24) is 4.98 Å². The smallest absolute Gasteiger partial charge is 0.396 e. The number of hydrogen-bond donors (Lipinski definition) is 2. The summed E-state index contributed by atoms with van der Waals surface area (Å²) in [6.45, 7) is 0.0181. The number of H-pyrrole nitrogens is 1. The van der Waals surface area contributed by atoms with Crippen LogP contribution >= 0.6 is 11.8 Å². The maximum Gasteiger partial charge on any atom is 0.421 e. The largest absolute Gasteiger partial charge is 0.421 e. The first kappa shape index (κ1) is 19.8. The van der Waals surface area contributed by atoms with E-state index < -0.39 is 17.3 Å². The lowest BCUT2D eigenvalue weighted by molar-refractivity contribution is -0.138. The molecule has 2 aromatic rings. The summed E-state index contributed by atoms with van der Waals surface area (Å²) in [5.41, 5.74) is -0.583. The lowest BCUT2D eigenvalue weighted by Gasteiger charge is -2.12. The summed E-state index contributed by atoms with van der Waals surface area (Å²) in [4.78, 5) is 15.4. The molecule has 144 valence electrons. The van der Waals surface area contributed by atoms with Crippen LogP contribution in [-0.4, -0.2) is 21.9 Å². The molecule has 7 heteroatoms. The van der Waals surface area contributed by atoms with Crippen molar-refractivity contribution in [3.63, 3.8) is 0 Å². The van der Waals surface area contributed by atoms with Gasteiger partial charge in [0.05, 0.1) is 0 Å². The van der Waals surface area contributed by atoms with Crippen LogP contribution in [-0.2, 0) is 6.18 Å². The minimum atomic E-state index is -4.69. The summed E-state index contributed by atoms with van der Waals surface area (Å²) in [5.74, 6) is 0. The van der Waals surface area contributed by atoms with E-state index in [2.05, 4.69) is 4.98 Å². The van der Waals surface area contributed by atoms with Crippen LogP contribution in [0, 0.1) is 0 Å². The van der Waals surface area contributed by atoms with Crippen molar-refractivity contribution in [3.05, 3.63) is 69.6 Å². The highest BCUT2D eigenvalue weighted by Gasteiger charge is 2.33. The van der Waals surface area contributed by atoms with Crippen LogP contribution in [0.25, 0.3) is 5.57 Å². The molecular weight excluding hydrogens is 375 g/mol. The van der Waals surface area contributed by atoms with Crippen molar-refractivity contribution >= 4 is 17.3 Å². The lowest BCUT2D eigenvalue weighted by Crippen LogP contribution is -2.22. The van der Waals surface area contributed by atoms with Crippen molar-refractivity contribution < 1.29 is 18.3 Å². The molecule has 0 aliphatic heterocycles. The van der Waals surface area contributed by atoms with Gasteiger partial charge in [-0.25, -0.2) is 0 Å². The minimum Gasteiger partial charge on any atom is -0.396 e. The van der Waals surface area contributed by atoms with Gasteiger partial charge in [-0.2, -0.15) is 13.2 Å². The summed E-state index contributed by atoms with van der Waals surface area (Å²) in [7, 11) is 0. The minimum absolute atomic E-state index is 0.0181. The van der Waals surface area contributed by atoms with E-state index in [1.807, 2.05) is 42.1 Å². The highest BCUT2D eigenvalue weighted by atomic mass is 32.2. The molecule has 0 unspecified atom stereocenters. The number of hydrogen-bond acceptors (Lipinski definition) is 3. The number of halogens is 3. The van der Waals surface area contributed by atoms with Crippen LogP contribution in [0.15, 0.2) is 52.2 Å². The molecule has 27 heavy (non-hydrogen) atoms. The fourth-order valence-electron chi connectivity index (χ4n) is 2.67. The fourth-order valence-corrected chi connectivity index (χ4v) is 3.72. The Kier molecular flexibility index (Phi) is 6.11. The lowest BCUT2D eigenvalue weighted by atomic mass is 10.00. The second-order valence-corrected chi connectivity index (χ2v) is 7.81. The summed E-state index contributed by atoms with van der Waals surface area (Å²) in [6, 6.07) is 9.88. The number of thioether (sulfide) groups is 1. The van der Waals surface area contributed by atoms with E-state index >= 15 is 0 Å². The standard InChI is InChI=1S/C20H20F3NO2S/c21-20(22,23)17-10-11-18(24-19(17)26)16(3-1-2-12-25)13-4-6-14(7-5-13)27-15-8-9-15/h3-7,10-11,15,25H,1-2,8-9,12H2,(H,24,26)/b16-3+. The molecule has 0 spiro atoms. The number of benzene rings is 1. The predicted molar refractivity (Wildman–Crippen MR) is 101 cm³/mol. The third-order valence-electron chi connectivity index (χ3n) is 4.21. The zero-order valence-corrected chi connectivity index (χ0v) is 15.4. The molecule has 0 amide bonds. The molecule has 0 atom stereocenters. The summed E-state index contributed by atoms with van der Waals surface area (Å²) >= 11 is 1.82. The Morgan fingerprint density at radius 3 is 2.44 bits per heavy atom. The number of allylic oxidation sites excluding steroid dienone is 1. The Bertz CT molecular complexity index is 868. The third kappa shape index (κ3) is 5.26. The number of rotatable bonds is 7. The van der Waals surface area contributed by atoms with Gasteiger partial charge < -0.3 is 10.1 Å². The Morgan fingerprint density at radius 2 is 1.89 bits per heavy atom. The predicted octanol–water partition coefficient (Wildman–Crippen LogP) is 4.85. The van der Waals surface area contributed by atoms with Crippen molar-refractivity contribution in [2.45, 2.75) is 42.0 Å². The van der Waals surface area contributed by atoms with E-state index in [-0.39, 0.29) is 6.61 Å². The van der Waals surface area contributed by atoms with Crippen molar-refractivity contribution in [2.24, 2.45) is 0 Å². The van der Waals surface area contributed by atoms with Crippen molar-refractivity contribution in [2.75, 3.05) is 6.61 Å². The zero-order valence-electron chi connectivity index (χ0n) is 14.6. The van der Waals surface area contributed by atoms with Crippen molar-refractivity contribution in [1.29, 1.82) is 0 Å². The maximum absolute atomic E-state index is 12.8. The third-order valence-corrected chi connectivity index (χ3v) is 5.56. The van der Waals surface area contributed by atoms with Gasteiger partial charge in [-0.3, -0.25) is 4.79 Å².